The molecule has 0 bridgehead atoms. The van der Waals surface area contributed by atoms with Gasteiger partial charge in [0.25, 0.3) is 5.91 Å². The maximum Gasteiger partial charge on any atom is 0.263 e. The zero-order chi connectivity index (χ0) is 17.9. The van der Waals surface area contributed by atoms with Crippen molar-refractivity contribution < 1.29 is 23.3 Å². The molecule has 3 rings (SSSR count). The highest BCUT2D eigenvalue weighted by atomic mass is 32.2. The Balaban J connectivity index is 1.73. The van der Waals surface area contributed by atoms with Crippen LogP contribution in [-0.2, 0) is 11.3 Å². The van der Waals surface area contributed by atoms with Gasteiger partial charge in [0.05, 0.1) is 11.3 Å². The molecular formula is C16H17F2N3O3S. The molecule has 0 saturated carbocycles. The van der Waals surface area contributed by atoms with Crippen molar-refractivity contribution in [3.8, 4) is 11.3 Å². The van der Waals surface area contributed by atoms with Crippen molar-refractivity contribution in [2.24, 2.45) is 0 Å². The number of halogens is 2. The fraction of sp³-hybridized carbons (Fsp3) is 0.375. The average Bonchev–Trinajstić information content (AvgIpc) is 3.09. The second-order valence-corrected chi connectivity index (χ2v) is 7.02. The predicted molar refractivity (Wildman–Crippen MR) is 87.9 cm³/mol. The summed E-state index contributed by atoms with van der Waals surface area (Å²) in [6, 6.07) is 4.72. The van der Waals surface area contributed by atoms with E-state index in [-0.39, 0.29) is 17.9 Å². The van der Waals surface area contributed by atoms with E-state index in [0.717, 1.165) is 23.6 Å². The molecule has 1 amide bonds. The summed E-state index contributed by atoms with van der Waals surface area (Å²) in [5, 5.41) is 16.0. The third-order valence-corrected chi connectivity index (χ3v) is 5.23. The third kappa shape index (κ3) is 3.83. The van der Waals surface area contributed by atoms with Gasteiger partial charge in [0.15, 0.2) is 5.76 Å². The first kappa shape index (κ1) is 17.8. The molecule has 1 fully saturated rings. The van der Waals surface area contributed by atoms with Crippen molar-refractivity contribution in [3.63, 3.8) is 0 Å². The average molecular weight is 369 g/mol. The zero-order valence-electron chi connectivity index (χ0n) is 13.2. The fourth-order valence-electron chi connectivity index (χ4n) is 2.78. The molecule has 134 valence electrons. The molecule has 3 N–H and O–H groups in total. The lowest BCUT2D eigenvalue weighted by Gasteiger charge is -2.35. The number of carbonyl (C=O) groups is 1. The molecule has 0 atom stereocenters. The molecular weight excluding hydrogens is 352 g/mol. The Morgan fingerprint density at radius 2 is 2.08 bits per heavy atom. The number of thioether (sulfide) groups is 1. The SMILES string of the molecule is O=C(NO)C1(NCc2cc(-c3ccc(F)cc3F)on2)CCSCC1. The van der Waals surface area contributed by atoms with Crippen molar-refractivity contribution in [1.29, 1.82) is 0 Å². The van der Waals surface area contributed by atoms with Crippen LogP contribution in [-0.4, -0.2) is 33.3 Å². The van der Waals surface area contributed by atoms with E-state index in [9.17, 15) is 13.6 Å². The highest BCUT2D eigenvalue weighted by Gasteiger charge is 2.39. The van der Waals surface area contributed by atoms with Gasteiger partial charge < -0.3 is 4.52 Å². The Morgan fingerprint density at radius 1 is 1.32 bits per heavy atom. The largest absolute Gasteiger partial charge is 0.356 e. The van der Waals surface area contributed by atoms with E-state index >= 15 is 0 Å². The first-order chi connectivity index (χ1) is 12.0. The Labute approximate surface area is 146 Å². The van der Waals surface area contributed by atoms with E-state index in [1.807, 2.05) is 0 Å². The highest BCUT2D eigenvalue weighted by molar-refractivity contribution is 7.99. The molecule has 0 unspecified atom stereocenters. The van der Waals surface area contributed by atoms with Crippen LogP contribution in [0.2, 0.25) is 0 Å². The van der Waals surface area contributed by atoms with Gasteiger partial charge in [-0.15, -0.1) is 0 Å². The first-order valence-corrected chi connectivity index (χ1v) is 8.88. The van der Waals surface area contributed by atoms with Gasteiger partial charge in [-0.25, -0.2) is 14.3 Å². The molecule has 1 saturated heterocycles. The molecule has 9 heteroatoms. The Bertz CT molecular complexity index is 763. The Hall–Kier alpha value is -1.97. The number of hydrogen-bond donors (Lipinski definition) is 3. The van der Waals surface area contributed by atoms with Crippen molar-refractivity contribution in [3.05, 3.63) is 41.6 Å². The molecule has 25 heavy (non-hydrogen) atoms. The van der Waals surface area contributed by atoms with Crippen LogP contribution in [0.5, 0.6) is 0 Å². The van der Waals surface area contributed by atoms with Gasteiger partial charge in [-0.3, -0.25) is 15.3 Å². The molecule has 0 radical (unpaired) electrons. The van der Waals surface area contributed by atoms with Gasteiger partial charge >= 0.3 is 0 Å². The number of nitrogens with one attached hydrogen (secondary N) is 2. The zero-order valence-corrected chi connectivity index (χ0v) is 14.0. The second-order valence-electron chi connectivity index (χ2n) is 5.80. The van der Waals surface area contributed by atoms with E-state index in [4.69, 9.17) is 9.73 Å². The highest BCUT2D eigenvalue weighted by Crippen LogP contribution is 2.28. The van der Waals surface area contributed by atoms with Crippen LogP contribution in [0, 0.1) is 11.6 Å². The summed E-state index contributed by atoms with van der Waals surface area (Å²) < 4.78 is 31.9. The minimum atomic E-state index is -0.875. The van der Waals surface area contributed by atoms with Gasteiger partial charge in [-0.1, -0.05) is 5.16 Å². The number of aromatic nitrogens is 1. The minimum Gasteiger partial charge on any atom is -0.356 e. The maximum absolute atomic E-state index is 13.8. The summed E-state index contributed by atoms with van der Waals surface area (Å²) in [6.07, 6.45) is 1.14. The van der Waals surface area contributed by atoms with Gasteiger partial charge in [0, 0.05) is 18.7 Å². The Morgan fingerprint density at radius 3 is 2.76 bits per heavy atom. The van der Waals surface area contributed by atoms with Crippen molar-refractivity contribution in [2.45, 2.75) is 24.9 Å². The molecule has 2 aromatic rings. The van der Waals surface area contributed by atoms with Crippen molar-refractivity contribution >= 4 is 17.7 Å². The summed E-state index contributed by atoms with van der Waals surface area (Å²) in [7, 11) is 0. The van der Waals surface area contributed by atoms with Crippen LogP contribution in [0.25, 0.3) is 11.3 Å². The molecule has 1 aliphatic rings. The smallest absolute Gasteiger partial charge is 0.263 e. The molecule has 0 spiro atoms. The summed E-state index contributed by atoms with van der Waals surface area (Å²) in [4.78, 5) is 12.1. The first-order valence-electron chi connectivity index (χ1n) is 7.72. The van der Waals surface area contributed by atoms with Crippen LogP contribution < -0.4 is 10.8 Å². The van der Waals surface area contributed by atoms with E-state index in [0.29, 0.717) is 18.5 Å². The quantitative estimate of drug-likeness (QED) is 0.554. The van der Waals surface area contributed by atoms with Gasteiger partial charge in [-0.05, 0) is 36.5 Å². The number of rotatable bonds is 5. The predicted octanol–water partition coefficient (Wildman–Crippen LogP) is 2.48. The lowest BCUT2D eigenvalue weighted by atomic mass is 9.91. The lowest BCUT2D eigenvalue weighted by Crippen LogP contribution is -2.58. The molecule has 0 aliphatic carbocycles. The number of nitrogens with zero attached hydrogens (tertiary/aromatic N) is 1. The lowest BCUT2D eigenvalue weighted by molar-refractivity contribution is -0.136. The number of carbonyl (C=O) groups excluding carboxylic acids is 1. The van der Waals surface area contributed by atoms with Crippen LogP contribution in [0.15, 0.2) is 28.8 Å². The topological polar surface area (TPSA) is 87.4 Å². The molecule has 1 aliphatic heterocycles. The summed E-state index contributed by atoms with van der Waals surface area (Å²) in [5.74, 6) is -0.127. The van der Waals surface area contributed by atoms with E-state index in [2.05, 4.69) is 10.5 Å². The number of hydroxylamine groups is 1. The minimum absolute atomic E-state index is 0.108. The normalized spacial score (nSPS) is 16.6. The number of benzene rings is 1. The molecule has 2 heterocycles. The van der Waals surface area contributed by atoms with Crippen LogP contribution >= 0.6 is 11.8 Å². The summed E-state index contributed by atoms with van der Waals surface area (Å²) >= 11 is 1.74. The van der Waals surface area contributed by atoms with Gasteiger partial charge in [-0.2, -0.15) is 11.8 Å². The van der Waals surface area contributed by atoms with Gasteiger partial charge in [0.2, 0.25) is 0 Å². The van der Waals surface area contributed by atoms with Crippen molar-refractivity contribution in [1.82, 2.24) is 16.0 Å². The monoisotopic (exact) mass is 369 g/mol. The number of amides is 1. The molecule has 1 aromatic heterocycles. The standard InChI is InChI=1S/C16H17F2N3O3S/c17-10-1-2-12(13(18)7-10)14-8-11(21-24-14)9-19-16(15(22)20-23)3-5-25-6-4-16/h1-2,7-8,19,23H,3-6,9H2,(H,20,22). The fourth-order valence-corrected chi connectivity index (χ4v) is 3.97. The molecule has 6 nitrogen and oxygen atoms in total. The van der Waals surface area contributed by atoms with E-state index < -0.39 is 23.1 Å². The second kappa shape index (κ2) is 7.51. The third-order valence-electron chi connectivity index (χ3n) is 4.25. The summed E-state index contributed by atoms with van der Waals surface area (Å²) in [6.45, 7) is 0.213. The summed E-state index contributed by atoms with van der Waals surface area (Å²) in [5.41, 5.74) is 1.42. The van der Waals surface area contributed by atoms with Crippen LogP contribution in [0.3, 0.4) is 0 Å². The Kier molecular flexibility index (Phi) is 5.36. The van der Waals surface area contributed by atoms with Crippen molar-refractivity contribution in [2.75, 3.05) is 11.5 Å². The molecule has 1 aromatic carbocycles. The number of hydrogen-bond acceptors (Lipinski definition) is 6. The van der Waals surface area contributed by atoms with E-state index in [1.54, 1.807) is 17.2 Å². The van der Waals surface area contributed by atoms with Gasteiger partial charge in [0.1, 0.15) is 17.2 Å². The van der Waals surface area contributed by atoms with E-state index in [1.165, 1.54) is 12.1 Å². The van der Waals surface area contributed by atoms with Crippen LogP contribution in [0.1, 0.15) is 18.5 Å². The van der Waals surface area contributed by atoms with Crippen LogP contribution in [0.4, 0.5) is 8.78 Å². The maximum atomic E-state index is 13.8.